The summed E-state index contributed by atoms with van der Waals surface area (Å²) < 4.78 is 10.3. The minimum absolute atomic E-state index is 0.109. The van der Waals surface area contributed by atoms with E-state index in [0.717, 1.165) is 12.0 Å². The molecule has 5 heteroatoms. The predicted octanol–water partition coefficient (Wildman–Crippen LogP) is 4.01. The molecule has 0 N–H and O–H groups in total. The molecule has 1 aromatic carbocycles. The molecule has 1 fully saturated rings. The summed E-state index contributed by atoms with van der Waals surface area (Å²) in [5.74, 6) is -0.0917. The van der Waals surface area contributed by atoms with Gasteiger partial charge in [0.2, 0.25) is 0 Å². The molecule has 1 saturated heterocycles. The minimum Gasteiger partial charge on any atom is -0.465 e. The highest BCUT2D eigenvalue weighted by atomic mass is 16.6. The van der Waals surface area contributed by atoms with Crippen LogP contribution < -0.4 is 0 Å². The Kier molecular flexibility index (Phi) is 5.45. The number of benzene rings is 1. The van der Waals surface area contributed by atoms with Crippen LogP contribution in [0.5, 0.6) is 0 Å². The van der Waals surface area contributed by atoms with Gasteiger partial charge in [0.05, 0.1) is 12.7 Å². The Balaban J connectivity index is 2.16. The molecule has 2 rings (SSSR count). The van der Waals surface area contributed by atoms with Crippen molar-refractivity contribution < 1.29 is 19.1 Å². The normalized spacial score (nSPS) is 23.9. The van der Waals surface area contributed by atoms with Gasteiger partial charge in [0.15, 0.2) is 0 Å². The van der Waals surface area contributed by atoms with E-state index in [-0.39, 0.29) is 23.4 Å². The molecule has 1 aliphatic heterocycles. The van der Waals surface area contributed by atoms with Gasteiger partial charge in [-0.1, -0.05) is 26.0 Å². The molecule has 0 bridgehead atoms. The van der Waals surface area contributed by atoms with Crippen molar-refractivity contribution in [1.82, 2.24) is 4.90 Å². The van der Waals surface area contributed by atoms with Crippen molar-refractivity contribution in [2.24, 2.45) is 5.92 Å². The Morgan fingerprint density at radius 1 is 1.28 bits per heavy atom. The van der Waals surface area contributed by atoms with Crippen molar-refractivity contribution in [3.63, 3.8) is 0 Å². The van der Waals surface area contributed by atoms with Crippen LogP contribution in [-0.4, -0.2) is 42.8 Å². The molecule has 0 saturated carbocycles. The van der Waals surface area contributed by atoms with Crippen LogP contribution >= 0.6 is 0 Å². The fourth-order valence-electron chi connectivity index (χ4n) is 3.28. The maximum atomic E-state index is 12.3. The number of piperidine rings is 1. The van der Waals surface area contributed by atoms with Gasteiger partial charge in [-0.25, -0.2) is 9.59 Å². The maximum absolute atomic E-state index is 12.3. The maximum Gasteiger partial charge on any atom is 0.410 e. The molecular weight excluding hydrogens is 318 g/mol. The highest BCUT2D eigenvalue weighted by Gasteiger charge is 2.40. The van der Waals surface area contributed by atoms with Crippen molar-refractivity contribution >= 4 is 12.1 Å². The topological polar surface area (TPSA) is 55.8 Å². The van der Waals surface area contributed by atoms with Crippen LogP contribution in [0.15, 0.2) is 24.3 Å². The smallest absolute Gasteiger partial charge is 0.410 e. The van der Waals surface area contributed by atoms with Gasteiger partial charge in [-0.3, -0.25) is 0 Å². The van der Waals surface area contributed by atoms with Gasteiger partial charge in [-0.2, -0.15) is 0 Å². The molecule has 1 amide bonds. The van der Waals surface area contributed by atoms with Gasteiger partial charge in [0.25, 0.3) is 0 Å². The Morgan fingerprint density at radius 3 is 2.52 bits per heavy atom. The SMILES string of the molecule is COC(=O)c1cccc([C@]2(C)CCN(C(=O)OC(C)(C)C)C[C@@H]2C)c1. The molecular formula is C20H29NO4. The lowest BCUT2D eigenvalue weighted by atomic mass is 9.68. The first-order valence-corrected chi connectivity index (χ1v) is 8.73. The second kappa shape index (κ2) is 7.06. The zero-order valence-corrected chi connectivity index (χ0v) is 16.1. The van der Waals surface area contributed by atoms with Crippen LogP contribution in [0.3, 0.4) is 0 Å². The van der Waals surface area contributed by atoms with Crippen molar-refractivity contribution in [3.05, 3.63) is 35.4 Å². The van der Waals surface area contributed by atoms with Gasteiger partial charge >= 0.3 is 12.1 Å². The molecule has 0 aromatic heterocycles. The molecule has 0 spiro atoms. The number of ether oxygens (including phenoxy) is 2. The minimum atomic E-state index is -0.490. The number of methoxy groups -OCH3 is 1. The Bertz CT molecular complexity index is 649. The first kappa shape index (κ1) is 19.3. The van der Waals surface area contributed by atoms with E-state index in [9.17, 15) is 9.59 Å². The lowest BCUT2D eigenvalue weighted by Crippen LogP contribution is -2.50. The summed E-state index contributed by atoms with van der Waals surface area (Å²) in [6.45, 7) is 11.2. The molecule has 1 aromatic rings. The highest BCUT2D eigenvalue weighted by molar-refractivity contribution is 5.89. The van der Waals surface area contributed by atoms with Crippen LogP contribution in [0.25, 0.3) is 0 Å². The van der Waals surface area contributed by atoms with Crippen molar-refractivity contribution in [3.8, 4) is 0 Å². The van der Waals surface area contributed by atoms with Crippen molar-refractivity contribution in [2.75, 3.05) is 20.2 Å². The number of likely N-dealkylation sites (tertiary alicyclic amines) is 1. The molecule has 25 heavy (non-hydrogen) atoms. The van der Waals surface area contributed by atoms with E-state index in [1.54, 1.807) is 11.0 Å². The van der Waals surface area contributed by atoms with Crippen LogP contribution in [-0.2, 0) is 14.9 Å². The number of hydrogen-bond donors (Lipinski definition) is 0. The lowest BCUT2D eigenvalue weighted by Gasteiger charge is -2.45. The first-order chi connectivity index (χ1) is 11.6. The Labute approximate surface area is 150 Å². The molecule has 0 radical (unpaired) electrons. The number of carbonyl (C=O) groups excluding carboxylic acids is 2. The number of esters is 1. The van der Waals surface area contributed by atoms with E-state index in [2.05, 4.69) is 13.8 Å². The Hall–Kier alpha value is -2.04. The monoisotopic (exact) mass is 347 g/mol. The summed E-state index contributed by atoms with van der Waals surface area (Å²) in [6, 6.07) is 7.61. The second-order valence-electron chi connectivity index (χ2n) is 8.07. The average Bonchev–Trinajstić information content (AvgIpc) is 2.55. The van der Waals surface area contributed by atoms with Gasteiger partial charge in [0, 0.05) is 13.1 Å². The molecule has 5 nitrogen and oxygen atoms in total. The van der Waals surface area contributed by atoms with Crippen LogP contribution in [0.1, 0.15) is 57.0 Å². The zero-order valence-electron chi connectivity index (χ0n) is 16.1. The summed E-state index contributed by atoms with van der Waals surface area (Å²) in [4.78, 5) is 25.9. The third kappa shape index (κ3) is 4.33. The third-order valence-corrected chi connectivity index (χ3v) is 5.08. The molecule has 1 heterocycles. The fraction of sp³-hybridized carbons (Fsp3) is 0.600. The molecule has 138 valence electrons. The zero-order chi connectivity index (χ0) is 18.8. The summed E-state index contributed by atoms with van der Waals surface area (Å²) >= 11 is 0. The van der Waals surface area contributed by atoms with E-state index in [1.807, 2.05) is 39.0 Å². The summed E-state index contributed by atoms with van der Waals surface area (Å²) in [7, 11) is 1.39. The highest BCUT2D eigenvalue weighted by Crippen LogP contribution is 2.40. The number of carbonyl (C=O) groups is 2. The second-order valence-corrected chi connectivity index (χ2v) is 8.07. The van der Waals surface area contributed by atoms with Gasteiger partial charge in [-0.05, 0) is 56.2 Å². The fourth-order valence-corrected chi connectivity index (χ4v) is 3.28. The van der Waals surface area contributed by atoms with Gasteiger partial charge in [-0.15, -0.1) is 0 Å². The first-order valence-electron chi connectivity index (χ1n) is 8.73. The van der Waals surface area contributed by atoms with Crippen LogP contribution in [0, 0.1) is 5.92 Å². The third-order valence-electron chi connectivity index (χ3n) is 5.08. The molecule has 0 unspecified atom stereocenters. The van der Waals surface area contributed by atoms with Gasteiger partial charge < -0.3 is 14.4 Å². The van der Waals surface area contributed by atoms with E-state index in [1.165, 1.54) is 7.11 Å². The van der Waals surface area contributed by atoms with E-state index in [0.29, 0.717) is 18.7 Å². The van der Waals surface area contributed by atoms with E-state index < -0.39 is 5.60 Å². The quantitative estimate of drug-likeness (QED) is 0.759. The van der Waals surface area contributed by atoms with Gasteiger partial charge in [0.1, 0.15) is 5.60 Å². The number of hydrogen-bond acceptors (Lipinski definition) is 4. The predicted molar refractivity (Wildman–Crippen MR) is 96.7 cm³/mol. The largest absolute Gasteiger partial charge is 0.465 e. The summed E-state index contributed by atoms with van der Waals surface area (Å²) in [5.41, 5.74) is 1.06. The number of rotatable bonds is 2. The molecule has 2 atom stereocenters. The molecule has 0 aliphatic carbocycles. The van der Waals surface area contributed by atoms with E-state index in [4.69, 9.17) is 9.47 Å². The standard InChI is InChI=1S/C20H29NO4/c1-14-13-21(18(23)25-19(2,3)4)11-10-20(14,5)16-9-7-8-15(12-16)17(22)24-6/h7-9,12,14H,10-11,13H2,1-6H3/t14-,20+/m0/s1. The number of amides is 1. The average molecular weight is 347 g/mol. The van der Waals surface area contributed by atoms with Crippen molar-refractivity contribution in [1.29, 1.82) is 0 Å². The Morgan fingerprint density at radius 2 is 1.96 bits per heavy atom. The van der Waals surface area contributed by atoms with Crippen LogP contribution in [0.4, 0.5) is 4.79 Å². The summed E-state index contributed by atoms with van der Waals surface area (Å²) in [6.07, 6.45) is 0.558. The van der Waals surface area contributed by atoms with E-state index >= 15 is 0 Å². The lowest BCUT2D eigenvalue weighted by molar-refractivity contribution is 0.00922. The van der Waals surface area contributed by atoms with Crippen LogP contribution in [0.2, 0.25) is 0 Å². The summed E-state index contributed by atoms with van der Waals surface area (Å²) in [5, 5.41) is 0. The van der Waals surface area contributed by atoms with Crippen molar-refractivity contribution in [2.45, 2.75) is 52.1 Å². The number of nitrogens with zero attached hydrogens (tertiary/aromatic N) is 1. The molecule has 1 aliphatic rings.